The Morgan fingerprint density at radius 2 is 2.10 bits per heavy atom. The Hall–Kier alpha value is -1.55. The minimum atomic E-state index is -0.282. The number of benzene rings is 1. The second-order valence-electron chi connectivity index (χ2n) is 5.72. The van der Waals surface area contributed by atoms with Crippen LogP contribution in [0.1, 0.15) is 30.6 Å². The van der Waals surface area contributed by atoms with Crippen molar-refractivity contribution in [3.8, 4) is 0 Å². The molecule has 1 aliphatic rings. The van der Waals surface area contributed by atoms with Crippen molar-refractivity contribution in [1.29, 1.82) is 0 Å². The Bertz CT molecular complexity index is 442. The lowest BCUT2D eigenvalue weighted by Crippen LogP contribution is -2.51. The Kier molecular flexibility index (Phi) is 5.01. The summed E-state index contributed by atoms with van der Waals surface area (Å²) in [5, 5.41) is 3.46. The van der Waals surface area contributed by atoms with Crippen molar-refractivity contribution in [3.05, 3.63) is 29.8 Å². The van der Waals surface area contributed by atoms with Crippen LogP contribution in [0.15, 0.2) is 24.3 Å². The van der Waals surface area contributed by atoms with Gasteiger partial charge in [-0.15, -0.1) is 0 Å². The number of hydrogen-bond acceptors (Lipinski definition) is 4. The van der Waals surface area contributed by atoms with Gasteiger partial charge in [0.25, 0.3) is 0 Å². The van der Waals surface area contributed by atoms with E-state index >= 15 is 0 Å². The SMILES string of the molecule is COC(=O)c1ccc(N2CCNCC2CC(C)C)cc1. The van der Waals surface area contributed by atoms with E-state index in [4.69, 9.17) is 4.74 Å². The zero-order chi connectivity index (χ0) is 14.5. The fraction of sp³-hybridized carbons (Fsp3) is 0.562. The zero-order valence-corrected chi connectivity index (χ0v) is 12.6. The first-order chi connectivity index (χ1) is 9.61. The van der Waals surface area contributed by atoms with E-state index in [2.05, 4.69) is 24.1 Å². The number of nitrogens with zero attached hydrogens (tertiary/aromatic N) is 1. The zero-order valence-electron chi connectivity index (χ0n) is 12.6. The molecule has 1 unspecified atom stereocenters. The van der Waals surface area contributed by atoms with E-state index in [1.165, 1.54) is 19.2 Å². The number of hydrogen-bond donors (Lipinski definition) is 1. The molecule has 0 aromatic heterocycles. The van der Waals surface area contributed by atoms with Crippen molar-refractivity contribution < 1.29 is 9.53 Å². The molecule has 0 radical (unpaired) electrons. The second kappa shape index (κ2) is 6.75. The summed E-state index contributed by atoms with van der Waals surface area (Å²) in [4.78, 5) is 13.9. The van der Waals surface area contributed by atoms with Crippen molar-refractivity contribution in [2.75, 3.05) is 31.6 Å². The fourth-order valence-electron chi connectivity index (χ4n) is 2.76. The van der Waals surface area contributed by atoms with E-state index in [0.717, 1.165) is 19.6 Å². The highest BCUT2D eigenvalue weighted by atomic mass is 16.5. The molecule has 4 nitrogen and oxygen atoms in total. The van der Waals surface area contributed by atoms with Crippen molar-refractivity contribution in [2.24, 2.45) is 5.92 Å². The van der Waals surface area contributed by atoms with Crippen LogP contribution in [0.4, 0.5) is 5.69 Å². The van der Waals surface area contributed by atoms with Crippen molar-refractivity contribution >= 4 is 11.7 Å². The number of nitrogens with one attached hydrogen (secondary N) is 1. The molecule has 1 aromatic carbocycles. The van der Waals surface area contributed by atoms with Gasteiger partial charge in [0.1, 0.15) is 0 Å². The number of ether oxygens (including phenoxy) is 1. The molecule has 4 heteroatoms. The summed E-state index contributed by atoms with van der Waals surface area (Å²) < 4.78 is 4.73. The van der Waals surface area contributed by atoms with Gasteiger partial charge in [0, 0.05) is 31.4 Å². The molecule has 1 aromatic rings. The third-order valence-corrected chi connectivity index (χ3v) is 3.71. The summed E-state index contributed by atoms with van der Waals surface area (Å²) in [7, 11) is 1.41. The lowest BCUT2D eigenvalue weighted by Gasteiger charge is -2.39. The summed E-state index contributed by atoms with van der Waals surface area (Å²) in [6.07, 6.45) is 1.17. The fourth-order valence-corrected chi connectivity index (χ4v) is 2.76. The number of anilines is 1. The van der Waals surface area contributed by atoms with Gasteiger partial charge in [-0.05, 0) is 36.6 Å². The molecule has 0 amide bonds. The van der Waals surface area contributed by atoms with Gasteiger partial charge < -0.3 is 15.0 Å². The Morgan fingerprint density at radius 3 is 2.70 bits per heavy atom. The Balaban J connectivity index is 2.13. The summed E-state index contributed by atoms with van der Waals surface area (Å²) in [5.41, 5.74) is 1.79. The quantitative estimate of drug-likeness (QED) is 0.857. The number of carbonyl (C=O) groups excluding carboxylic acids is 1. The van der Waals surface area contributed by atoms with Gasteiger partial charge >= 0.3 is 5.97 Å². The average Bonchev–Trinajstić information content (AvgIpc) is 2.46. The molecule has 1 heterocycles. The van der Waals surface area contributed by atoms with Crippen LogP contribution in [0.5, 0.6) is 0 Å². The number of esters is 1. The van der Waals surface area contributed by atoms with Crippen molar-refractivity contribution in [2.45, 2.75) is 26.3 Å². The molecule has 0 bridgehead atoms. The first-order valence-corrected chi connectivity index (χ1v) is 7.27. The normalized spacial score (nSPS) is 19.2. The number of rotatable bonds is 4. The number of piperazine rings is 1. The number of carbonyl (C=O) groups is 1. The standard InChI is InChI=1S/C16H24N2O2/c1-12(2)10-15-11-17-8-9-18(15)14-6-4-13(5-7-14)16(19)20-3/h4-7,12,15,17H,8-11H2,1-3H3. The molecule has 1 fully saturated rings. The smallest absolute Gasteiger partial charge is 0.337 e. The van der Waals surface area contributed by atoms with Crippen LogP contribution in [0, 0.1) is 5.92 Å². The molecule has 110 valence electrons. The van der Waals surface area contributed by atoms with E-state index in [9.17, 15) is 4.79 Å². The predicted octanol–water partition coefficient (Wildman–Crippen LogP) is 2.30. The predicted molar refractivity (Wildman–Crippen MR) is 81.2 cm³/mol. The molecule has 0 saturated carbocycles. The van der Waals surface area contributed by atoms with E-state index in [-0.39, 0.29) is 5.97 Å². The highest BCUT2D eigenvalue weighted by Crippen LogP contribution is 2.22. The first-order valence-electron chi connectivity index (χ1n) is 7.27. The maximum atomic E-state index is 11.5. The molecule has 1 aliphatic heterocycles. The van der Waals surface area contributed by atoms with Crippen LogP contribution in [0.3, 0.4) is 0 Å². The van der Waals surface area contributed by atoms with Gasteiger partial charge in [-0.2, -0.15) is 0 Å². The lowest BCUT2D eigenvalue weighted by atomic mass is 10.00. The minimum absolute atomic E-state index is 0.282. The molecule has 1 N–H and O–H groups in total. The molecule has 20 heavy (non-hydrogen) atoms. The van der Waals surface area contributed by atoms with Crippen LogP contribution >= 0.6 is 0 Å². The largest absolute Gasteiger partial charge is 0.465 e. The van der Waals surface area contributed by atoms with Gasteiger partial charge in [-0.25, -0.2) is 4.79 Å². The van der Waals surface area contributed by atoms with Crippen LogP contribution in [0.2, 0.25) is 0 Å². The van der Waals surface area contributed by atoms with E-state index in [0.29, 0.717) is 17.5 Å². The average molecular weight is 276 g/mol. The van der Waals surface area contributed by atoms with Gasteiger partial charge in [0.15, 0.2) is 0 Å². The van der Waals surface area contributed by atoms with Crippen molar-refractivity contribution in [1.82, 2.24) is 5.32 Å². The van der Waals surface area contributed by atoms with E-state index in [1.54, 1.807) is 0 Å². The summed E-state index contributed by atoms with van der Waals surface area (Å²) in [5.74, 6) is 0.396. The molecular weight excluding hydrogens is 252 g/mol. The topological polar surface area (TPSA) is 41.6 Å². The second-order valence-corrected chi connectivity index (χ2v) is 5.72. The van der Waals surface area contributed by atoms with E-state index in [1.807, 2.05) is 24.3 Å². The van der Waals surface area contributed by atoms with Crippen LogP contribution in [-0.4, -0.2) is 38.8 Å². The molecule has 0 spiro atoms. The molecule has 2 rings (SSSR count). The highest BCUT2D eigenvalue weighted by molar-refractivity contribution is 5.89. The maximum absolute atomic E-state index is 11.5. The molecular formula is C16H24N2O2. The van der Waals surface area contributed by atoms with Crippen LogP contribution in [0.25, 0.3) is 0 Å². The molecule has 0 aliphatic carbocycles. The van der Waals surface area contributed by atoms with Gasteiger partial charge in [0.2, 0.25) is 0 Å². The van der Waals surface area contributed by atoms with Gasteiger partial charge in [0.05, 0.1) is 12.7 Å². The van der Waals surface area contributed by atoms with Gasteiger partial charge in [-0.3, -0.25) is 0 Å². The number of methoxy groups -OCH3 is 1. The Morgan fingerprint density at radius 1 is 1.40 bits per heavy atom. The van der Waals surface area contributed by atoms with Crippen LogP contribution < -0.4 is 10.2 Å². The van der Waals surface area contributed by atoms with Crippen LogP contribution in [-0.2, 0) is 4.74 Å². The summed E-state index contributed by atoms with van der Waals surface area (Å²) in [6, 6.07) is 8.24. The van der Waals surface area contributed by atoms with E-state index < -0.39 is 0 Å². The monoisotopic (exact) mass is 276 g/mol. The third kappa shape index (κ3) is 3.51. The van der Waals surface area contributed by atoms with Gasteiger partial charge in [-0.1, -0.05) is 13.8 Å². The lowest BCUT2D eigenvalue weighted by molar-refractivity contribution is 0.0601. The minimum Gasteiger partial charge on any atom is -0.465 e. The first kappa shape index (κ1) is 14.9. The summed E-state index contributed by atoms with van der Waals surface area (Å²) >= 11 is 0. The summed E-state index contributed by atoms with van der Waals surface area (Å²) in [6.45, 7) is 7.56. The Labute approximate surface area is 121 Å². The highest BCUT2D eigenvalue weighted by Gasteiger charge is 2.23. The molecule has 1 saturated heterocycles. The maximum Gasteiger partial charge on any atom is 0.337 e. The third-order valence-electron chi connectivity index (χ3n) is 3.71. The molecule has 1 atom stereocenters. The van der Waals surface area contributed by atoms with Crippen molar-refractivity contribution in [3.63, 3.8) is 0 Å².